The van der Waals surface area contributed by atoms with Crippen LogP contribution in [0, 0.1) is 11.6 Å². The number of halogens is 2. The molecule has 0 unspecified atom stereocenters. The third kappa shape index (κ3) is 4.06. The van der Waals surface area contributed by atoms with E-state index in [0.29, 0.717) is 11.4 Å². The van der Waals surface area contributed by atoms with Crippen LogP contribution < -0.4 is 10.1 Å². The Labute approximate surface area is 108 Å². The van der Waals surface area contributed by atoms with Gasteiger partial charge in [-0.05, 0) is 48.5 Å². The van der Waals surface area contributed by atoms with Crippen molar-refractivity contribution in [2.45, 2.75) is 0 Å². The van der Waals surface area contributed by atoms with Crippen molar-refractivity contribution in [1.29, 1.82) is 0 Å². The van der Waals surface area contributed by atoms with Crippen molar-refractivity contribution in [3.63, 3.8) is 0 Å². The number of hydrogen-bond acceptors (Lipinski definition) is 2. The van der Waals surface area contributed by atoms with Crippen molar-refractivity contribution in [1.82, 2.24) is 0 Å². The van der Waals surface area contributed by atoms with Gasteiger partial charge in [0.1, 0.15) is 17.4 Å². The Morgan fingerprint density at radius 3 is 2.05 bits per heavy atom. The van der Waals surface area contributed by atoms with Gasteiger partial charge in [-0.25, -0.2) is 8.78 Å². The second kappa shape index (κ2) is 5.95. The maximum atomic E-state index is 12.7. The zero-order chi connectivity index (χ0) is 13.7. The van der Waals surface area contributed by atoms with Crippen LogP contribution in [0.3, 0.4) is 0 Å². The van der Waals surface area contributed by atoms with E-state index in [-0.39, 0.29) is 24.1 Å². The average molecular weight is 263 g/mol. The van der Waals surface area contributed by atoms with Crippen LogP contribution in [-0.4, -0.2) is 12.5 Å². The topological polar surface area (TPSA) is 38.3 Å². The highest BCUT2D eigenvalue weighted by atomic mass is 19.1. The fourth-order valence-corrected chi connectivity index (χ4v) is 1.41. The highest BCUT2D eigenvalue weighted by Gasteiger charge is 2.04. The van der Waals surface area contributed by atoms with Gasteiger partial charge in [0, 0.05) is 5.69 Å². The van der Waals surface area contributed by atoms with Crippen molar-refractivity contribution in [2.24, 2.45) is 0 Å². The summed E-state index contributed by atoms with van der Waals surface area (Å²) in [6.07, 6.45) is 0. The zero-order valence-corrected chi connectivity index (χ0v) is 9.90. The molecule has 0 aliphatic heterocycles. The molecule has 98 valence electrons. The molecule has 5 heteroatoms. The van der Waals surface area contributed by atoms with E-state index >= 15 is 0 Å². The largest absolute Gasteiger partial charge is 0.484 e. The fourth-order valence-electron chi connectivity index (χ4n) is 1.41. The Morgan fingerprint density at radius 2 is 1.47 bits per heavy atom. The quantitative estimate of drug-likeness (QED) is 0.920. The van der Waals surface area contributed by atoms with Crippen LogP contribution in [0.1, 0.15) is 0 Å². The molecular formula is C14H11F2NO2. The molecule has 0 saturated heterocycles. The minimum Gasteiger partial charge on any atom is -0.484 e. The normalized spacial score (nSPS) is 10.0. The van der Waals surface area contributed by atoms with Crippen LogP contribution in [0.15, 0.2) is 48.5 Å². The van der Waals surface area contributed by atoms with Crippen LogP contribution in [0.5, 0.6) is 5.75 Å². The predicted octanol–water partition coefficient (Wildman–Crippen LogP) is 2.98. The summed E-state index contributed by atoms with van der Waals surface area (Å²) in [4.78, 5) is 11.5. The van der Waals surface area contributed by atoms with Crippen LogP contribution in [0.4, 0.5) is 14.5 Å². The Balaban J connectivity index is 1.84. The summed E-state index contributed by atoms with van der Waals surface area (Å²) in [6, 6.07) is 10.7. The predicted molar refractivity (Wildman–Crippen MR) is 66.9 cm³/mol. The third-order valence-electron chi connectivity index (χ3n) is 2.31. The number of rotatable bonds is 4. The Bertz CT molecular complexity index is 553. The summed E-state index contributed by atoms with van der Waals surface area (Å²) in [5, 5.41) is 2.55. The van der Waals surface area contributed by atoms with Gasteiger partial charge in [-0.1, -0.05) is 0 Å². The van der Waals surface area contributed by atoms with E-state index in [1.54, 1.807) is 0 Å². The number of carbonyl (C=O) groups is 1. The lowest BCUT2D eigenvalue weighted by molar-refractivity contribution is -0.118. The fraction of sp³-hybridized carbons (Fsp3) is 0.0714. The van der Waals surface area contributed by atoms with Crippen LogP contribution >= 0.6 is 0 Å². The van der Waals surface area contributed by atoms with Gasteiger partial charge >= 0.3 is 0 Å². The van der Waals surface area contributed by atoms with E-state index in [1.807, 2.05) is 0 Å². The smallest absolute Gasteiger partial charge is 0.262 e. The summed E-state index contributed by atoms with van der Waals surface area (Å²) in [5.41, 5.74) is 0.481. The molecule has 0 fully saturated rings. The Hall–Kier alpha value is -2.43. The molecular weight excluding hydrogens is 252 g/mol. The molecule has 19 heavy (non-hydrogen) atoms. The molecule has 2 rings (SSSR count). The summed E-state index contributed by atoms with van der Waals surface area (Å²) < 4.78 is 30.5. The van der Waals surface area contributed by atoms with Crippen molar-refractivity contribution < 1.29 is 18.3 Å². The summed E-state index contributed by atoms with van der Waals surface area (Å²) in [7, 11) is 0. The molecule has 2 aromatic carbocycles. The van der Waals surface area contributed by atoms with Gasteiger partial charge in [-0.15, -0.1) is 0 Å². The summed E-state index contributed by atoms with van der Waals surface area (Å²) in [6.45, 7) is -0.205. The maximum absolute atomic E-state index is 12.7. The molecule has 0 aliphatic carbocycles. The Kier molecular flexibility index (Phi) is 4.07. The van der Waals surface area contributed by atoms with Gasteiger partial charge in [-0.2, -0.15) is 0 Å². The molecule has 0 radical (unpaired) electrons. The monoisotopic (exact) mass is 263 g/mol. The van der Waals surface area contributed by atoms with Crippen molar-refractivity contribution >= 4 is 11.6 Å². The number of nitrogens with one attached hydrogen (secondary N) is 1. The van der Waals surface area contributed by atoms with Gasteiger partial charge < -0.3 is 10.1 Å². The van der Waals surface area contributed by atoms with E-state index in [1.165, 1.54) is 48.5 Å². The number of hydrogen-bond donors (Lipinski definition) is 1. The van der Waals surface area contributed by atoms with E-state index in [2.05, 4.69) is 5.32 Å². The van der Waals surface area contributed by atoms with Crippen molar-refractivity contribution in [3.05, 3.63) is 60.2 Å². The number of carbonyl (C=O) groups excluding carboxylic acids is 1. The molecule has 0 spiro atoms. The molecule has 0 bridgehead atoms. The van der Waals surface area contributed by atoms with Gasteiger partial charge in [0.2, 0.25) is 0 Å². The highest BCUT2D eigenvalue weighted by molar-refractivity contribution is 5.91. The lowest BCUT2D eigenvalue weighted by Gasteiger charge is -2.07. The van der Waals surface area contributed by atoms with Gasteiger partial charge in [0.25, 0.3) is 5.91 Å². The first-order valence-corrected chi connectivity index (χ1v) is 5.57. The molecule has 0 heterocycles. The van der Waals surface area contributed by atoms with E-state index < -0.39 is 0 Å². The van der Waals surface area contributed by atoms with E-state index in [9.17, 15) is 13.6 Å². The van der Waals surface area contributed by atoms with E-state index in [4.69, 9.17) is 4.74 Å². The lowest BCUT2D eigenvalue weighted by atomic mass is 10.3. The van der Waals surface area contributed by atoms with Gasteiger partial charge in [0.15, 0.2) is 6.61 Å². The standard InChI is InChI=1S/C14H11F2NO2/c15-10-1-5-12(6-2-10)17-14(18)9-19-13-7-3-11(16)4-8-13/h1-8H,9H2,(H,17,18). The number of amides is 1. The minimum absolute atomic E-state index is 0.205. The molecule has 0 saturated carbocycles. The highest BCUT2D eigenvalue weighted by Crippen LogP contribution is 2.11. The molecule has 3 nitrogen and oxygen atoms in total. The van der Waals surface area contributed by atoms with Gasteiger partial charge in [0.05, 0.1) is 0 Å². The number of anilines is 1. The molecule has 0 aliphatic rings. The van der Waals surface area contributed by atoms with Gasteiger partial charge in [-0.3, -0.25) is 4.79 Å². The van der Waals surface area contributed by atoms with Crippen LogP contribution in [0.2, 0.25) is 0 Å². The van der Waals surface area contributed by atoms with Crippen molar-refractivity contribution in [3.8, 4) is 5.75 Å². The Morgan fingerprint density at radius 1 is 0.947 bits per heavy atom. The first-order valence-electron chi connectivity index (χ1n) is 5.57. The summed E-state index contributed by atoms with van der Waals surface area (Å²) in [5.74, 6) is -0.727. The average Bonchev–Trinajstić information content (AvgIpc) is 2.41. The second-order valence-corrected chi connectivity index (χ2v) is 3.80. The second-order valence-electron chi connectivity index (χ2n) is 3.80. The SMILES string of the molecule is O=C(COc1ccc(F)cc1)Nc1ccc(F)cc1. The van der Waals surface area contributed by atoms with Crippen LogP contribution in [0.25, 0.3) is 0 Å². The third-order valence-corrected chi connectivity index (χ3v) is 2.31. The van der Waals surface area contributed by atoms with Crippen LogP contribution in [-0.2, 0) is 4.79 Å². The van der Waals surface area contributed by atoms with E-state index in [0.717, 1.165) is 0 Å². The van der Waals surface area contributed by atoms with Crippen molar-refractivity contribution in [2.75, 3.05) is 11.9 Å². The number of benzene rings is 2. The molecule has 0 atom stereocenters. The molecule has 2 aromatic rings. The lowest BCUT2D eigenvalue weighted by Crippen LogP contribution is -2.20. The molecule has 1 amide bonds. The number of ether oxygens (including phenoxy) is 1. The maximum Gasteiger partial charge on any atom is 0.262 e. The zero-order valence-electron chi connectivity index (χ0n) is 9.90. The molecule has 0 aromatic heterocycles. The minimum atomic E-state index is -0.379. The first-order chi connectivity index (χ1) is 9.13. The first kappa shape index (κ1) is 13.0. The summed E-state index contributed by atoms with van der Waals surface area (Å²) >= 11 is 0. The molecule has 1 N–H and O–H groups in total.